The molecule has 1 aliphatic rings. The van der Waals surface area contributed by atoms with E-state index in [0.29, 0.717) is 5.75 Å². The summed E-state index contributed by atoms with van der Waals surface area (Å²) in [5.41, 5.74) is 2.23. The molecule has 0 spiro atoms. The van der Waals surface area contributed by atoms with Crippen molar-refractivity contribution in [3.05, 3.63) is 29.3 Å². The van der Waals surface area contributed by atoms with Gasteiger partial charge in [-0.25, -0.2) is 0 Å². The SMILES string of the molecule is Cc1ccc(OC(=O)C2CCCC2)c(C)c1. The highest BCUT2D eigenvalue weighted by Crippen LogP contribution is 2.27. The average Bonchev–Trinajstić information content (AvgIpc) is 2.75. The Hall–Kier alpha value is -1.31. The highest BCUT2D eigenvalue weighted by atomic mass is 16.5. The lowest BCUT2D eigenvalue weighted by Gasteiger charge is -2.11. The van der Waals surface area contributed by atoms with Crippen molar-refractivity contribution in [2.24, 2.45) is 5.92 Å². The number of carbonyl (C=O) groups excluding carboxylic acids is 1. The first kappa shape index (κ1) is 11.2. The van der Waals surface area contributed by atoms with Crippen molar-refractivity contribution in [1.29, 1.82) is 0 Å². The van der Waals surface area contributed by atoms with Crippen LogP contribution in [-0.4, -0.2) is 5.97 Å². The van der Waals surface area contributed by atoms with E-state index in [2.05, 4.69) is 0 Å². The number of ether oxygens (including phenoxy) is 1. The first-order valence-corrected chi connectivity index (χ1v) is 5.96. The second kappa shape index (κ2) is 4.69. The number of rotatable bonds is 2. The lowest BCUT2D eigenvalue weighted by Crippen LogP contribution is -2.18. The van der Waals surface area contributed by atoms with E-state index in [-0.39, 0.29) is 11.9 Å². The van der Waals surface area contributed by atoms with Crippen LogP contribution in [-0.2, 0) is 4.79 Å². The topological polar surface area (TPSA) is 26.3 Å². The lowest BCUT2D eigenvalue weighted by atomic mass is 10.1. The zero-order chi connectivity index (χ0) is 11.5. The van der Waals surface area contributed by atoms with E-state index < -0.39 is 0 Å². The van der Waals surface area contributed by atoms with Gasteiger partial charge in [0.2, 0.25) is 0 Å². The Bertz CT molecular complexity index is 390. The van der Waals surface area contributed by atoms with E-state index in [1.54, 1.807) is 0 Å². The summed E-state index contributed by atoms with van der Waals surface area (Å²) in [6.07, 6.45) is 4.30. The van der Waals surface area contributed by atoms with Gasteiger partial charge in [-0.05, 0) is 38.3 Å². The molecule has 0 saturated heterocycles. The van der Waals surface area contributed by atoms with Gasteiger partial charge in [0, 0.05) is 0 Å². The van der Waals surface area contributed by atoms with Gasteiger partial charge in [-0.3, -0.25) is 4.79 Å². The molecule has 1 aromatic carbocycles. The second-order valence-corrected chi connectivity index (χ2v) is 4.67. The highest BCUT2D eigenvalue weighted by molar-refractivity contribution is 5.75. The van der Waals surface area contributed by atoms with Crippen LogP contribution in [0.25, 0.3) is 0 Å². The summed E-state index contributed by atoms with van der Waals surface area (Å²) in [5, 5.41) is 0. The van der Waals surface area contributed by atoms with Gasteiger partial charge in [0.1, 0.15) is 5.75 Å². The zero-order valence-corrected chi connectivity index (χ0v) is 9.95. The van der Waals surface area contributed by atoms with Crippen molar-refractivity contribution in [3.63, 3.8) is 0 Å². The smallest absolute Gasteiger partial charge is 0.314 e. The summed E-state index contributed by atoms with van der Waals surface area (Å²) in [6.45, 7) is 4.01. The average molecular weight is 218 g/mol. The standard InChI is InChI=1S/C14H18O2/c1-10-7-8-13(11(2)9-10)16-14(15)12-5-3-4-6-12/h7-9,12H,3-6H2,1-2H3. The third kappa shape index (κ3) is 2.43. The number of carbonyl (C=O) groups is 1. The Morgan fingerprint density at radius 1 is 1.25 bits per heavy atom. The third-order valence-electron chi connectivity index (χ3n) is 3.23. The molecule has 1 saturated carbocycles. The Morgan fingerprint density at radius 2 is 1.94 bits per heavy atom. The fraction of sp³-hybridized carbons (Fsp3) is 0.500. The first-order chi connectivity index (χ1) is 7.66. The molecular formula is C14H18O2. The Labute approximate surface area is 96.6 Å². The molecule has 0 unspecified atom stereocenters. The maximum absolute atomic E-state index is 11.8. The molecule has 1 fully saturated rings. The molecule has 1 aromatic rings. The molecule has 16 heavy (non-hydrogen) atoms. The number of esters is 1. The molecule has 86 valence electrons. The summed E-state index contributed by atoms with van der Waals surface area (Å²) < 4.78 is 5.45. The zero-order valence-electron chi connectivity index (χ0n) is 9.95. The van der Waals surface area contributed by atoms with Gasteiger partial charge >= 0.3 is 5.97 Å². The van der Waals surface area contributed by atoms with Crippen LogP contribution in [0.3, 0.4) is 0 Å². The van der Waals surface area contributed by atoms with Crippen molar-refractivity contribution < 1.29 is 9.53 Å². The number of aryl methyl sites for hydroxylation is 2. The summed E-state index contributed by atoms with van der Waals surface area (Å²) in [5.74, 6) is 0.785. The molecule has 1 aliphatic carbocycles. The van der Waals surface area contributed by atoms with Gasteiger partial charge in [-0.15, -0.1) is 0 Å². The third-order valence-corrected chi connectivity index (χ3v) is 3.23. The maximum atomic E-state index is 11.8. The molecule has 0 amide bonds. The van der Waals surface area contributed by atoms with E-state index in [1.165, 1.54) is 5.56 Å². The molecule has 2 heteroatoms. The minimum atomic E-state index is -0.0514. The van der Waals surface area contributed by atoms with E-state index in [4.69, 9.17) is 4.74 Å². The van der Waals surface area contributed by atoms with Crippen molar-refractivity contribution in [3.8, 4) is 5.75 Å². The predicted octanol–water partition coefficient (Wildman–Crippen LogP) is 3.40. The van der Waals surface area contributed by atoms with Gasteiger partial charge in [0.15, 0.2) is 0 Å². The van der Waals surface area contributed by atoms with E-state index >= 15 is 0 Å². The van der Waals surface area contributed by atoms with Crippen LogP contribution in [0.1, 0.15) is 36.8 Å². The predicted molar refractivity (Wildman–Crippen MR) is 63.5 cm³/mol. The fourth-order valence-electron chi connectivity index (χ4n) is 2.27. The van der Waals surface area contributed by atoms with Gasteiger partial charge in [-0.1, -0.05) is 30.5 Å². The molecule has 0 aliphatic heterocycles. The summed E-state index contributed by atoms with van der Waals surface area (Å²) in [4.78, 5) is 11.8. The van der Waals surface area contributed by atoms with Crippen LogP contribution in [0.15, 0.2) is 18.2 Å². The Balaban J connectivity index is 2.05. The van der Waals surface area contributed by atoms with Crippen molar-refractivity contribution in [2.45, 2.75) is 39.5 Å². The summed E-state index contributed by atoms with van der Waals surface area (Å²) in [6, 6.07) is 5.90. The number of hydrogen-bond acceptors (Lipinski definition) is 2. The second-order valence-electron chi connectivity index (χ2n) is 4.67. The monoisotopic (exact) mass is 218 g/mol. The largest absolute Gasteiger partial charge is 0.426 e. The van der Waals surface area contributed by atoms with E-state index in [0.717, 1.165) is 31.2 Å². The Morgan fingerprint density at radius 3 is 2.56 bits per heavy atom. The Kier molecular flexibility index (Phi) is 3.28. The van der Waals surface area contributed by atoms with Crippen molar-refractivity contribution >= 4 is 5.97 Å². The van der Waals surface area contributed by atoms with E-state index in [9.17, 15) is 4.79 Å². The quantitative estimate of drug-likeness (QED) is 0.561. The molecule has 2 nitrogen and oxygen atoms in total. The highest BCUT2D eigenvalue weighted by Gasteiger charge is 2.24. The van der Waals surface area contributed by atoms with Crippen LogP contribution < -0.4 is 4.74 Å². The number of hydrogen-bond donors (Lipinski definition) is 0. The van der Waals surface area contributed by atoms with Crippen LogP contribution in [0, 0.1) is 19.8 Å². The van der Waals surface area contributed by atoms with Gasteiger partial charge < -0.3 is 4.74 Å². The van der Waals surface area contributed by atoms with Gasteiger partial charge in [0.25, 0.3) is 0 Å². The first-order valence-electron chi connectivity index (χ1n) is 5.96. The van der Waals surface area contributed by atoms with E-state index in [1.807, 2.05) is 32.0 Å². The molecule has 0 N–H and O–H groups in total. The van der Waals surface area contributed by atoms with Crippen LogP contribution >= 0.6 is 0 Å². The van der Waals surface area contributed by atoms with Crippen molar-refractivity contribution in [2.75, 3.05) is 0 Å². The molecule has 0 atom stereocenters. The van der Waals surface area contributed by atoms with Gasteiger partial charge in [0.05, 0.1) is 5.92 Å². The molecular weight excluding hydrogens is 200 g/mol. The molecule has 0 heterocycles. The fourth-order valence-corrected chi connectivity index (χ4v) is 2.27. The van der Waals surface area contributed by atoms with Crippen LogP contribution in [0.2, 0.25) is 0 Å². The molecule has 0 bridgehead atoms. The van der Waals surface area contributed by atoms with Gasteiger partial charge in [-0.2, -0.15) is 0 Å². The van der Waals surface area contributed by atoms with Crippen molar-refractivity contribution in [1.82, 2.24) is 0 Å². The number of benzene rings is 1. The molecule has 0 radical (unpaired) electrons. The minimum Gasteiger partial charge on any atom is -0.426 e. The molecule has 2 rings (SSSR count). The molecule has 0 aromatic heterocycles. The summed E-state index contributed by atoms with van der Waals surface area (Å²) in [7, 11) is 0. The lowest BCUT2D eigenvalue weighted by molar-refractivity contribution is -0.138. The maximum Gasteiger partial charge on any atom is 0.314 e. The minimum absolute atomic E-state index is 0.0514. The summed E-state index contributed by atoms with van der Waals surface area (Å²) >= 11 is 0. The van der Waals surface area contributed by atoms with Crippen LogP contribution in [0.4, 0.5) is 0 Å². The van der Waals surface area contributed by atoms with Crippen LogP contribution in [0.5, 0.6) is 5.75 Å². The normalized spacial score (nSPS) is 16.4.